The van der Waals surface area contributed by atoms with Gasteiger partial charge in [-0.1, -0.05) is 37.3 Å². The van der Waals surface area contributed by atoms with Crippen LogP contribution in [0.2, 0.25) is 0 Å². The number of benzene rings is 1. The van der Waals surface area contributed by atoms with Crippen molar-refractivity contribution in [2.75, 3.05) is 18.0 Å². The number of anilines is 1. The van der Waals surface area contributed by atoms with Gasteiger partial charge in [0.05, 0.1) is 23.5 Å². The molecule has 186 valence electrons. The van der Waals surface area contributed by atoms with E-state index in [-0.39, 0.29) is 16.9 Å². The van der Waals surface area contributed by atoms with Gasteiger partial charge in [-0.2, -0.15) is 5.10 Å². The highest BCUT2D eigenvalue weighted by Crippen LogP contribution is 2.65. The number of H-pyrrole nitrogens is 1. The maximum absolute atomic E-state index is 14.7. The Kier molecular flexibility index (Phi) is 4.80. The van der Waals surface area contributed by atoms with Gasteiger partial charge in [0.25, 0.3) is 5.91 Å². The number of aliphatic imine (C=N–C) groups is 1. The van der Waals surface area contributed by atoms with Crippen LogP contribution in [-0.4, -0.2) is 44.9 Å². The number of carbonyl (C=O) groups excluding carboxylic acids is 1. The number of halogens is 2. The molecule has 0 bridgehead atoms. The minimum absolute atomic E-state index is 0.0962. The molecule has 2 aromatic heterocycles. The molecule has 1 unspecified atom stereocenters. The Hall–Kier alpha value is -4.01. The lowest BCUT2D eigenvalue weighted by Gasteiger charge is -2.27. The van der Waals surface area contributed by atoms with Gasteiger partial charge in [0.1, 0.15) is 23.0 Å². The van der Waals surface area contributed by atoms with E-state index in [0.29, 0.717) is 28.7 Å². The van der Waals surface area contributed by atoms with E-state index in [0.717, 1.165) is 42.9 Å². The molecule has 1 N–H and O–H groups in total. The molecule has 4 heterocycles. The number of aromatic amines is 1. The van der Waals surface area contributed by atoms with Crippen LogP contribution in [0.1, 0.15) is 31.0 Å². The van der Waals surface area contributed by atoms with Crippen molar-refractivity contribution in [2.45, 2.75) is 25.2 Å². The fourth-order valence-electron chi connectivity index (χ4n) is 6.82. The van der Waals surface area contributed by atoms with Crippen molar-refractivity contribution in [2.24, 2.45) is 22.7 Å². The van der Waals surface area contributed by atoms with Crippen LogP contribution in [-0.2, 0) is 10.2 Å². The van der Waals surface area contributed by atoms with E-state index in [4.69, 9.17) is 4.98 Å². The predicted octanol–water partition coefficient (Wildman–Crippen LogP) is 4.70. The van der Waals surface area contributed by atoms with E-state index in [1.165, 1.54) is 12.2 Å². The molecule has 2 aliphatic carbocycles. The summed E-state index contributed by atoms with van der Waals surface area (Å²) in [5.74, 6) is -0.0409. The zero-order valence-electron chi connectivity index (χ0n) is 20.2. The minimum atomic E-state index is -0.523. The van der Waals surface area contributed by atoms with Crippen molar-refractivity contribution in [1.29, 1.82) is 0 Å². The fraction of sp³-hybridized carbons (Fsp3) is 0.321. The average molecular weight is 499 g/mol. The molecule has 7 rings (SSSR count). The van der Waals surface area contributed by atoms with Crippen molar-refractivity contribution < 1.29 is 13.6 Å². The number of amides is 1. The molecule has 1 aromatic carbocycles. The Bertz CT molecular complexity index is 1590. The summed E-state index contributed by atoms with van der Waals surface area (Å²) in [7, 11) is 0. The molecule has 4 atom stereocenters. The number of hydrogen-bond donors (Lipinski definition) is 1. The number of fused-ring (bicyclic) bond motifs is 3. The molecule has 4 aliphatic rings. The molecule has 0 spiro atoms. The molecule has 3 aromatic rings. The number of nitrogens with zero attached hydrogens (tertiary/aromatic N) is 5. The van der Waals surface area contributed by atoms with E-state index in [2.05, 4.69) is 32.0 Å². The molecule has 1 amide bonds. The third-order valence-corrected chi connectivity index (χ3v) is 8.60. The SMILES string of the molecule is CC[C@]1(c2ccccc2F)[C@@H]2CCN(c3cnc4c(C5=CC=C(F)C6=NC(=O)C=CC56)[nH]nc4n3)C[C@@H]21. The van der Waals surface area contributed by atoms with Gasteiger partial charge in [-0.3, -0.25) is 9.89 Å². The van der Waals surface area contributed by atoms with Gasteiger partial charge in [0.2, 0.25) is 5.65 Å². The molecule has 1 saturated carbocycles. The van der Waals surface area contributed by atoms with Gasteiger partial charge in [-0.05, 0) is 48.0 Å². The molecule has 2 aliphatic heterocycles. The molecule has 2 fully saturated rings. The summed E-state index contributed by atoms with van der Waals surface area (Å²) in [6.45, 7) is 3.77. The van der Waals surface area contributed by atoms with E-state index in [1.54, 1.807) is 30.5 Å². The highest BCUT2D eigenvalue weighted by Gasteiger charge is 2.65. The lowest BCUT2D eigenvalue weighted by Crippen LogP contribution is -2.32. The first-order valence-corrected chi connectivity index (χ1v) is 12.6. The maximum Gasteiger partial charge on any atom is 0.269 e. The van der Waals surface area contributed by atoms with E-state index in [1.807, 2.05) is 12.1 Å². The first-order valence-electron chi connectivity index (χ1n) is 12.6. The van der Waals surface area contributed by atoms with Crippen LogP contribution < -0.4 is 4.90 Å². The van der Waals surface area contributed by atoms with Crippen molar-refractivity contribution >= 4 is 34.2 Å². The second-order valence-electron chi connectivity index (χ2n) is 10.1. The second-order valence-corrected chi connectivity index (χ2v) is 10.1. The third-order valence-electron chi connectivity index (χ3n) is 8.60. The summed E-state index contributed by atoms with van der Waals surface area (Å²) in [4.78, 5) is 27.2. The van der Waals surface area contributed by atoms with E-state index < -0.39 is 17.7 Å². The van der Waals surface area contributed by atoms with Crippen LogP contribution in [0, 0.1) is 23.6 Å². The molecule has 0 radical (unpaired) electrons. The summed E-state index contributed by atoms with van der Waals surface area (Å²) in [5, 5.41) is 7.40. The topological polar surface area (TPSA) is 87.1 Å². The Morgan fingerprint density at radius 1 is 1.19 bits per heavy atom. The number of hydrogen-bond acceptors (Lipinski definition) is 5. The van der Waals surface area contributed by atoms with Crippen LogP contribution in [0.4, 0.5) is 14.6 Å². The van der Waals surface area contributed by atoms with Crippen LogP contribution in [0.3, 0.4) is 0 Å². The van der Waals surface area contributed by atoms with Gasteiger partial charge in [0.15, 0.2) is 0 Å². The first-order chi connectivity index (χ1) is 18.0. The fourth-order valence-corrected chi connectivity index (χ4v) is 6.82. The number of rotatable bonds is 4. The van der Waals surface area contributed by atoms with Gasteiger partial charge < -0.3 is 4.90 Å². The van der Waals surface area contributed by atoms with Crippen LogP contribution in [0.25, 0.3) is 16.7 Å². The molecular formula is C28H24F2N6O. The van der Waals surface area contributed by atoms with E-state index in [9.17, 15) is 13.6 Å². The second kappa shape index (κ2) is 7.99. The van der Waals surface area contributed by atoms with Gasteiger partial charge in [-0.15, -0.1) is 0 Å². The van der Waals surface area contributed by atoms with Gasteiger partial charge in [0, 0.05) is 24.6 Å². The molecule has 37 heavy (non-hydrogen) atoms. The third kappa shape index (κ3) is 3.19. The van der Waals surface area contributed by atoms with Crippen molar-refractivity contribution in [3.05, 3.63) is 77.7 Å². The standard InChI is InChI=1S/C28H24F2N6O/c1-2-28(18-5-3-4-6-20(18)29)17-11-12-36(14-19(17)28)22-13-31-26-25(34-35-27(26)32-22)16-7-9-21(30)24-15(16)8-10-23(37)33-24/h3-10,13,15,17,19H,2,11-12,14H2,1H3,(H,32,34,35)/t15?,17-,19+,28-/m1/s1. The van der Waals surface area contributed by atoms with Crippen molar-refractivity contribution in [3.8, 4) is 0 Å². The number of nitrogens with one attached hydrogen (secondary N) is 1. The Morgan fingerprint density at radius 2 is 2.05 bits per heavy atom. The van der Waals surface area contributed by atoms with Crippen molar-refractivity contribution in [3.63, 3.8) is 0 Å². The summed E-state index contributed by atoms with van der Waals surface area (Å²) in [5.41, 5.74) is 3.20. The summed E-state index contributed by atoms with van der Waals surface area (Å²) in [6, 6.07) is 7.17. The zero-order chi connectivity index (χ0) is 25.3. The lowest BCUT2D eigenvalue weighted by molar-refractivity contribution is -0.113. The van der Waals surface area contributed by atoms with Crippen molar-refractivity contribution in [1.82, 2.24) is 20.2 Å². The monoisotopic (exact) mass is 498 g/mol. The molecular weight excluding hydrogens is 474 g/mol. The number of piperidine rings is 1. The normalized spacial score (nSPS) is 28.4. The molecule has 9 heteroatoms. The predicted molar refractivity (Wildman–Crippen MR) is 136 cm³/mol. The summed E-state index contributed by atoms with van der Waals surface area (Å²) >= 11 is 0. The Morgan fingerprint density at radius 3 is 2.89 bits per heavy atom. The summed E-state index contributed by atoms with van der Waals surface area (Å²) in [6.07, 6.45) is 9.58. The highest BCUT2D eigenvalue weighted by atomic mass is 19.1. The molecule has 1 saturated heterocycles. The number of aromatic nitrogens is 4. The number of carbonyl (C=O) groups is 1. The largest absolute Gasteiger partial charge is 0.355 e. The minimum Gasteiger partial charge on any atom is -0.355 e. The smallest absolute Gasteiger partial charge is 0.269 e. The number of allylic oxidation sites excluding steroid dienone is 5. The zero-order valence-corrected chi connectivity index (χ0v) is 20.2. The Balaban J connectivity index is 1.18. The summed E-state index contributed by atoms with van der Waals surface area (Å²) < 4.78 is 29.1. The highest BCUT2D eigenvalue weighted by molar-refractivity contribution is 6.17. The Labute approximate surface area is 211 Å². The van der Waals surface area contributed by atoms with Crippen LogP contribution in [0.5, 0.6) is 0 Å². The first kappa shape index (κ1) is 22.2. The maximum atomic E-state index is 14.7. The lowest BCUT2D eigenvalue weighted by atomic mass is 9.85. The van der Waals surface area contributed by atoms with Gasteiger partial charge in [-0.25, -0.2) is 23.7 Å². The van der Waals surface area contributed by atoms with Crippen LogP contribution >= 0.6 is 0 Å². The van der Waals surface area contributed by atoms with Crippen LogP contribution in [0.15, 0.2) is 65.6 Å². The average Bonchev–Trinajstić information content (AvgIpc) is 3.38. The number of dihydropyridines is 1. The van der Waals surface area contributed by atoms with Gasteiger partial charge >= 0.3 is 0 Å². The quantitative estimate of drug-likeness (QED) is 0.564. The molecule has 7 nitrogen and oxygen atoms in total. The van der Waals surface area contributed by atoms with E-state index >= 15 is 0 Å².